The van der Waals surface area contributed by atoms with Crippen LogP contribution in [0.1, 0.15) is 26.3 Å². The maximum absolute atomic E-state index is 12.9. The van der Waals surface area contributed by atoms with Gasteiger partial charge in [-0.2, -0.15) is 0 Å². The number of allylic oxidation sites excluding steroid dienone is 4. The first-order valence-electron chi connectivity index (χ1n) is 7.42. The Balaban J connectivity index is 2.40. The van der Waals surface area contributed by atoms with Crippen molar-refractivity contribution >= 4 is 17.6 Å². The van der Waals surface area contributed by atoms with Gasteiger partial charge in [0.15, 0.2) is 11.6 Å². The Hall–Kier alpha value is -2.69. The van der Waals surface area contributed by atoms with Crippen LogP contribution >= 0.6 is 0 Å². The molecule has 1 aromatic carbocycles. The van der Waals surface area contributed by atoms with Crippen LogP contribution in [0.5, 0.6) is 0 Å². The summed E-state index contributed by atoms with van der Waals surface area (Å²) in [4.78, 5) is 25.1. The Morgan fingerprint density at radius 1 is 1.25 bits per heavy atom. The molecule has 1 aromatic rings. The highest BCUT2D eigenvalue weighted by molar-refractivity contribution is 6.28. The van der Waals surface area contributed by atoms with E-state index in [9.17, 15) is 19.1 Å². The SMILES string of the molecule is COC1=C(C)C(O)=C(C(=O)/C=C/c2ccc(F)cc2)C(=O)C1(C)C. The van der Waals surface area contributed by atoms with Crippen LogP contribution in [0.15, 0.2) is 53.0 Å². The number of Topliss-reactive ketones (excluding diaryl/α,β-unsaturated/α-hetero) is 1. The molecule has 5 heteroatoms. The molecule has 0 amide bonds. The molecule has 0 heterocycles. The van der Waals surface area contributed by atoms with E-state index >= 15 is 0 Å². The van der Waals surface area contributed by atoms with Gasteiger partial charge in [0, 0.05) is 5.57 Å². The zero-order chi connectivity index (χ0) is 18.1. The number of aliphatic hydroxyl groups excluding tert-OH is 1. The van der Waals surface area contributed by atoms with Gasteiger partial charge in [-0.1, -0.05) is 18.2 Å². The molecule has 0 bridgehead atoms. The van der Waals surface area contributed by atoms with Crippen LogP contribution in [-0.4, -0.2) is 23.8 Å². The summed E-state index contributed by atoms with van der Waals surface area (Å²) in [7, 11) is 1.42. The molecule has 2 rings (SSSR count). The summed E-state index contributed by atoms with van der Waals surface area (Å²) in [6.07, 6.45) is 2.66. The Morgan fingerprint density at radius 3 is 2.38 bits per heavy atom. The zero-order valence-electron chi connectivity index (χ0n) is 14.0. The standard InChI is InChI=1S/C19H19FO4/c1-11-16(22)15(17(23)19(2,3)18(11)24-4)14(21)10-7-12-5-8-13(20)9-6-12/h5-10,22H,1-4H3/b10-7+. The van der Waals surface area contributed by atoms with Gasteiger partial charge in [0.05, 0.1) is 12.5 Å². The van der Waals surface area contributed by atoms with E-state index in [1.54, 1.807) is 20.8 Å². The van der Waals surface area contributed by atoms with Crippen LogP contribution in [0.25, 0.3) is 6.08 Å². The van der Waals surface area contributed by atoms with Crippen molar-refractivity contribution in [2.75, 3.05) is 7.11 Å². The van der Waals surface area contributed by atoms with E-state index in [0.29, 0.717) is 16.9 Å². The van der Waals surface area contributed by atoms with E-state index in [0.717, 1.165) is 0 Å². The molecule has 1 aliphatic carbocycles. The Morgan fingerprint density at radius 2 is 1.83 bits per heavy atom. The predicted molar refractivity (Wildman–Crippen MR) is 88.6 cm³/mol. The fourth-order valence-corrected chi connectivity index (χ4v) is 2.75. The lowest BCUT2D eigenvalue weighted by atomic mass is 9.74. The highest BCUT2D eigenvalue weighted by Crippen LogP contribution is 2.40. The largest absolute Gasteiger partial charge is 0.507 e. The maximum Gasteiger partial charge on any atom is 0.193 e. The molecule has 4 nitrogen and oxygen atoms in total. The molecule has 0 atom stereocenters. The number of rotatable bonds is 4. The number of ketones is 2. The molecular formula is C19H19FO4. The number of aliphatic hydroxyl groups is 1. The second kappa shape index (κ2) is 6.43. The molecule has 0 radical (unpaired) electrons. The Bertz CT molecular complexity index is 780. The average molecular weight is 330 g/mol. The molecule has 1 N–H and O–H groups in total. The number of ether oxygens (including phenoxy) is 1. The highest BCUT2D eigenvalue weighted by atomic mass is 19.1. The number of carbonyl (C=O) groups is 2. The minimum atomic E-state index is -1.04. The Labute approximate surface area is 139 Å². The summed E-state index contributed by atoms with van der Waals surface area (Å²) >= 11 is 0. The number of hydrogen-bond donors (Lipinski definition) is 1. The van der Waals surface area contributed by atoms with E-state index in [1.807, 2.05) is 0 Å². The second-order valence-corrected chi connectivity index (χ2v) is 6.09. The highest BCUT2D eigenvalue weighted by Gasteiger charge is 2.44. The van der Waals surface area contributed by atoms with Gasteiger partial charge in [0.25, 0.3) is 0 Å². The Kier molecular flexibility index (Phi) is 4.73. The van der Waals surface area contributed by atoms with Crippen molar-refractivity contribution in [2.24, 2.45) is 5.41 Å². The summed E-state index contributed by atoms with van der Waals surface area (Å²) in [5.41, 5.74) is -0.339. The van der Waals surface area contributed by atoms with Gasteiger partial charge in [0.1, 0.15) is 22.9 Å². The first kappa shape index (κ1) is 17.7. The van der Waals surface area contributed by atoms with Crippen LogP contribution in [0.3, 0.4) is 0 Å². The molecule has 1 aliphatic rings. The maximum atomic E-state index is 12.9. The van der Waals surface area contributed by atoms with Crippen LogP contribution in [0.4, 0.5) is 4.39 Å². The first-order chi connectivity index (χ1) is 11.2. The van der Waals surface area contributed by atoms with Crippen LogP contribution in [0.2, 0.25) is 0 Å². The van der Waals surface area contributed by atoms with Gasteiger partial charge in [-0.15, -0.1) is 0 Å². The minimum absolute atomic E-state index is 0.267. The summed E-state index contributed by atoms with van der Waals surface area (Å²) in [6.45, 7) is 4.88. The van der Waals surface area contributed by atoms with E-state index in [4.69, 9.17) is 4.74 Å². The third kappa shape index (κ3) is 3.02. The van der Waals surface area contributed by atoms with Gasteiger partial charge in [-0.3, -0.25) is 9.59 Å². The normalized spacial score (nSPS) is 17.6. The molecule has 0 saturated heterocycles. The summed E-state index contributed by atoms with van der Waals surface area (Å²) < 4.78 is 18.1. The molecule has 24 heavy (non-hydrogen) atoms. The second-order valence-electron chi connectivity index (χ2n) is 6.09. The predicted octanol–water partition coefficient (Wildman–Crippen LogP) is 3.75. The minimum Gasteiger partial charge on any atom is -0.507 e. The molecule has 0 spiro atoms. The molecule has 0 saturated carbocycles. The topological polar surface area (TPSA) is 63.6 Å². The third-order valence-corrected chi connectivity index (χ3v) is 4.04. The zero-order valence-corrected chi connectivity index (χ0v) is 14.0. The van der Waals surface area contributed by atoms with Gasteiger partial charge < -0.3 is 9.84 Å². The fraction of sp³-hybridized carbons (Fsp3) is 0.263. The van der Waals surface area contributed by atoms with E-state index < -0.39 is 17.0 Å². The quantitative estimate of drug-likeness (QED) is 0.674. The van der Waals surface area contributed by atoms with Crippen molar-refractivity contribution in [3.05, 3.63) is 64.4 Å². The summed E-state index contributed by atoms with van der Waals surface area (Å²) in [5.74, 6) is -1.52. The monoisotopic (exact) mass is 330 g/mol. The lowest BCUT2D eigenvalue weighted by Gasteiger charge is -2.31. The van der Waals surface area contributed by atoms with Crippen LogP contribution in [0, 0.1) is 11.2 Å². The van der Waals surface area contributed by atoms with Gasteiger partial charge in [-0.25, -0.2) is 4.39 Å². The molecule has 0 aliphatic heterocycles. The molecule has 0 fully saturated rings. The van der Waals surface area contributed by atoms with Crippen molar-refractivity contribution in [3.8, 4) is 0 Å². The lowest BCUT2D eigenvalue weighted by molar-refractivity contribution is -0.126. The molecular weight excluding hydrogens is 311 g/mol. The first-order valence-corrected chi connectivity index (χ1v) is 7.42. The van der Waals surface area contributed by atoms with E-state index in [2.05, 4.69) is 0 Å². The van der Waals surface area contributed by atoms with Crippen molar-refractivity contribution < 1.29 is 23.8 Å². The number of methoxy groups -OCH3 is 1. The average Bonchev–Trinajstić information content (AvgIpc) is 2.53. The van der Waals surface area contributed by atoms with Crippen molar-refractivity contribution in [1.82, 2.24) is 0 Å². The van der Waals surface area contributed by atoms with Gasteiger partial charge in [-0.05, 0) is 44.5 Å². The smallest absolute Gasteiger partial charge is 0.193 e. The van der Waals surface area contributed by atoms with Crippen LogP contribution in [-0.2, 0) is 14.3 Å². The fourth-order valence-electron chi connectivity index (χ4n) is 2.75. The van der Waals surface area contributed by atoms with Gasteiger partial charge >= 0.3 is 0 Å². The number of hydrogen-bond acceptors (Lipinski definition) is 4. The number of halogens is 1. The summed E-state index contributed by atoms with van der Waals surface area (Å²) in [6, 6.07) is 5.56. The van der Waals surface area contributed by atoms with E-state index in [-0.39, 0.29) is 17.1 Å². The lowest BCUT2D eigenvalue weighted by Crippen LogP contribution is -2.36. The molecule has 0 aromatic heterocycles. The third-order valence-electron chi connectivity index (χ3n) is 4.04. The van der Waals surface area contributed by atoms with Crippen LogP contribution < -0.4 is 0 Å². The molecule has 0 unspecified atom stereocenters. The molecule has 126 valence electrons. The van der Waals surface area contributed by atoms with Crippen molar-refractivity contribution in [1.29, 1.82) is 0 Å². The van der Waals surface area contributed by atoms with Crippen molar-refractivity contribution in [2.45, 2.75) is 20.8 Å². The van der Waals surface area contributed by atoms with Gasteiger partial charge in [0.2, 0.25) is 0 Å². The van der Waals surface area contributed by atoms with Crippen molar-refractivity contribution in [3.63, 3.8) is 0 Å². The summed E-state index contributed by atoms with van der Waals surface area (Å²) in [5, 5.41) is 10.3. The number of carbonyl (C=O) groups excluding carboxylic acids is 2. The van der Waals surface area contributed by atoms with E-state index in [1.165, 1.54) is 43.5 Å². The number of benzene rings is 1.